The zero-order valence-electron chi connectivity index (χ0n) is 9.94. The average molecular weight is 235 g/mol. The minimum Gasteiger partial charge on any atom is -0.494 e. The summed E-state index contributed by atoms with van der Waals surface area (Å²) in [6.45, 7) is 3.26. The van der Waals surface area contributed by atoms with E-state index in [4.69, 9.17) is 9.47 Å². The van der Waals surface area contributed by atoms with Crippen LogP contribution in [-0.4, -0.2) is 25.2 Å². The Balaban J connectivity index is 1.91. The van der Waals surface area contributed by atoms with Crippen LogP contribution in [0.1, 0.15) is 19.8 Å². The molecule has 0 aliphatic carbocycles. The van der Waals surface area contributed by atoms with Crippen molar-refractivity contribution in [1.82, 2.24) is 0 Å². The van der Waals surface area contributed by atoms with E-state index in [9.17, 15) is 4.79 Å². The van der Waals surface area contributed by atoms with Crippen molar-refractivity contribution in [3.8, 4) is 5.75 Å². The number of benzene rings is 1. The molecule has 92 valence electrons. The highest BCUT2D eigenvalue weighted by atomic mass is 16.5. The van der Waals surface area contributed by atoms with Crippen LogP contribution in [0.4, 0.5) is 5.69 Å². The molecule has 1 N–H and O–H groups in total. The van der Waals surface area contributed by atoms with Gasteiger partial charge < -0.3 is 14.8 Å². The largest absolute Gasteiger partial charge is 0.494 e. The Morgan fingerprint density at radius 2 is 2.24 bits per heavy atom. The predicted octanol–water partition coefficient (Wildman–Crippen LogP) is 2.20. The molecule has 1 fully saturated rings. The number of rotatable bonds is 4. The zero-order chi connectivity index (χ0) is 12.1. The lowest BCUT2D eigenvalue weighted by Crippen LogP contribution is -2.26. The normalized spacial score (nSPS) is 19.0. The lowest BCUT2D eigenvalue weighted by molar-refractivity contribution is -0.124. The van der Waals surface area contributed by atoms with Crippen molar-refractivity contribution in [2.45, 2.75) is 25.9 Å². The third-order valence-corrected chi connectivity index (χ3v) is 2.65. The summed E-state index contributed by atoms with van der Waals surface area (Å²) in [6, 6.07) is 7.35. The van der Waals surface area contributed by atoms with E-state index in [0.29, 0.717) is 13.2 Å². The summed E-state index contributed by atoms with van der Waals surface area (Å²) in [4.78, 5) is 11.8. The van der Waals surface area contributed by atoms with E-state index in [0.717, 1.165) is 24.3 Å². The molecule has 2 rings (SSSR count). The summed E-state index contributed by atoms with van der Waals surface area (Å²) >= 11 is 0. The number of anilines is 1. The SMILES string of the molecule is CCOc1ccc(NC(=O)[C@@H]2CCCO2)cc1. The number of ether oxygens (including phenoxy) is 2. The summed E-state index contributed by atoms with van der Waals surface area (Å²) < 4.78 is 10.6. The van der Waals surface area contributed by atoms with Crippen LogP contribution in [0.15, 0.2) is 24.3 Å². The lowest BCUT2D eigenvalue weighted by Gasteiger charge is -2.10. The van der Waals surface area contributed by atoms with Crippen LogP contribution in [0.5, 0.6) is 5.75 Å². The molecule has 1 saturated heterocycles. The molecule has 0 bridgehead atoms. The third-order valence-electron chi connectivity index (χ3n) is 2.65. The molecular weight excluding hydrogens is 218 g/mol. The van der Waals surface area contributed by atoms with Crippen molar-refractivity contribution in [2.24, 2.45) is 0 Å². The van der Waals surface area contributed by atoms with Gasteiger partial charge in [-0.15, -0.1) is 0 Å². The van der Waals surface area contributed by atoms with Gasteiger partial charge in [-0.1, -0.05) is 0 Å². The number of amides is 1. The third kappa shape index (κ3) is 3.20. The van der Waals surface area contributed by atoms with Gasteiger partial charge >= 0.3 is 0 Å². The molecule has 1 aromatic carbocycles. The van der Waals surface area contributed by atoms with Crippen LogP contribution in [-0.2, 0) is 9.53 Å². The van der Waals surface area contributed by atoms with E-state index < -0.39 is 0 Å². The zero-order valence-corrected chi connectivity index (χ0v) is 9.94. The van der Waals surface area contributed by atoms with Crippen molar-refractivity contribution in [3.05, 3.63) is 24.3 Å². The maximum Gasteiger partial charge on any atom is 0.253 e. The van der Waals surface area contributed by atoms with E-state index in [2.05, 4.69) is 5.32 Å². The Hall–Kier alpha value is -1.55. The molecule has 0 unspecified atom stereocenters. The Morgan fingerprint density at radius 3 is 2.82 bits per heavy atom. The Morgan fingerprint density at radius 1 is 1.47 bits per heavy atom. The minimum atomic E-state index is -0.290. The average Bonchev–Trinajstić information content (AvgIpc) is 2.86. The van der Waals surface area contributed by atoms with Crippen molar-refractivity contribution in [2.75, 3.05) is 18.5 Å². The van der Waals surface area contributed by atoms with Gasteiger partial charge in [0.25, 0.3) is 5.91 Å². The van der Waals surface area contributed by atoms with Gasteiger partial charge in [0, 0.05) is 12.3 Å². The number of nitrogens with one attached hydrogen (secondary N) is 1. The second-order valence-electron chi connectivity index (χ2n) is 3.95. The van der Waals surface area contributed by atoms with Crippen LogP contribution in [0.25, 0.3) is 0 Å². The van der Waals surface area contributed by atoms with Crippen molar-refractivity contribution >= 4 is 11.6 Å². The fraction of sp³-hybridized carbons (Fsp3) is 0.462. The number of hydrogen-bond acceptors (Lipinski definition) is 3. The van der Waals surface area contributed by atoms with Crippen molar-refractivity contribution < 1.29 is 14.3 Å². The van der Waals surface area contributed by atoms with Gasteiger partial charge in [0.05, 0.1) is 6.61 Å². The summed E-state index contributed by atoms with van der Waals surface area (Å²) in [6.07, 6.45) is 1.48. The number of carbonyl (C=O) groups is 1. The van der Waals surface area contributed by atoms with E-state index in [1.807, 2.05) is 31.2 Å². The molecule has 1 amide bonds. The number of hydrogen-bond donors (Lipinski definition) is 1. The molecule has 4 nitrogen and oxygen atoms in total. The van der Waals surface area contributed by atoms with Crippen LogP contribution in [0.3, 0.4) is 0 Å². The highest BCUT2D eigenvalue weighted by Crippen LogP contribution is 2.18. The van der Waals surface area contributed by atoms with Crippen LogP contribution in [0, 0.1) is 0 Å². The van der Waals surface area contributed by atoms with E-state index in [1.165, 1.54) is 0 Å². The monoisotopic (exact) mass is 235 g/mol. The number of carbonyl (C=O) groups excluding carboxylic acids is 1. The Bertz CT molecular complexity index is 369. The first-order valence-electron chi connectivity index (χ1n) is 5.95. The second kappa shape index (κ2) is 5.68. The highest BCUT2D eigenvalue weighted by molar-refractivity contribution is 5.94. The molecule has 0 radical (unpaired) electrons. The fourth-order valence-corrected chi connectivity index (χ4v) is 1.81. The van der Waals surface area contributed by atoms with Gasteiger partial charge in [-0.05, 0) is 44.0 Å². The standard InChI is InChI=1S/C13H17NO3/c1-2-16-11-7-5-10(6-8-11)14-13(15)12-4-3-9-17-12/h5-8,12H,2-4,9H2,1H3,(H,14,15)/t12-/m0/s1. The van der Waals surface area contributed by atoms with Gasteiger partial charge in [-0.2, -0.15) is 0 Å². The summed E-state index contributed by atoms with van der Waals surface area (Å²) in [7, 11) is 0. The Labute approximate surface area is 101 Å². The molecule has 17 heavy (non-hydrogen) atoms. The molecular formula is C13H17NO3. The quantitative estimate of drug-likeness (QED) is 0.870. The molecule has 1 atom stereocenters. The first kappa shape index (κ1) is 11.9. The van der Waals surface area contributed by atoms with Gasteiger partial charge in [-0.25, -0.2) is 0 Å². The van der Waals surface area contributed by atoms with E-state index in [-0.39, 0.29) is 12.0 Å². The summed E-state index contributed by atoms with van der Waals surface area (Å²) in [5.41, 5.74) is 0.772. The van der Waals surface area contributed by atoms with Gasteiger partial charge in [0.1, 0.15) is 11.9 Å². The smallest absolute Gasteiger partial charge is 0.253 e. The van der Waals surface area contributed by atoms with E-state index in [1.54, 1.807) is 0 Å². The second-order valence-corrected chi connectivity index (χ2v) is 3.95. The molecule has 0 aromatic heterocycles. The topological polar surface area (TPSA) is 47.6 Å². The molecule has 4 heteroatoms. The van der Waals surface area contributed by atoms with Crippen LogP contribution in [0.2, 0.25) is 0 Å². The maximum absolute atomic E-state index is 11.8. The van der Waals surface area contributed by atoms with Crippen molar-refractivity contribution in [1.29, 1.82) is 0 Å². The van der Waals surface area contributed by atoms with E-state index >= 15 is 0 Å². The Kier molecular flexibility index (Phi) is 3.98. The molecule has 1 aliphatic heterocycles. The summed E-state index contributed by atoms with van der Waals surface area (Å²) in [5, 5.41) is 2.83. The van der Waals surface area contributed by atoms with Crippen LogP contribution < -0.4 is 10.1 Å². The van der Waals surface area contributed by atoms with Crippen LogP contribution >= 0.6 is 0 Å². The molecule has 0 spiro atoms. The first-order valence-corrected chi connectivity index (χ1v) is 5.95. The van der Waals surface area contributed by atoms with Gasteiger partial charge in [-0.3, -0.25) is 4.79 Å². The fourth-order valence-electron chi connectivity index (χ4n) is 1.81. The molecule has 0 saturated carbocycles. The predicted molar refractivity (Wildman–Crippen MR) is 65.2 cm³/mol. The highest BCUT2D eigenvalue weighted by Gasteiger charge is 2.23. The maximum atomic E-state index is 11.8. The van der Waals surface area contributed by atoms with Crippen molar-refractivity contribution in [3.63, 3.8) is 0 Å². The molecule has 1 aliphatic rings. The first-order chi connectivity index (χ1) is 8.29. The lowest BCUT2D eigenvalue weighted by atomic mass is 10.2. The van der Waals surface area contributed by atoms with Gasteiger partial charge in [0.2, 0.25) is 0 Å². The summed E-state index contributed by atoms with van der Waals surface area (Å²) in [5.74, 6) is 0.745. The minimum absolute atomic E-state index is 0.0633. The molecule has 1 heterocycles. The molecule has 1 aromatic rings. The van der Waals surface area contributed by atoms with Gasteiger partial charge in [0.15, 0.2) is 0 Å².